The summed E-state index contributed by atoms with van der Waals surface area (Å²) >= 11 is 0. The van der Waals surface area contributed by atoms with Gasteiger partial charge in [0, 0.05) is 11.7 Å². The second kappa shape index (κ2) is 3.59. The molecule has 2 nitrogen and oxygen atoms in total. The van der Waals surface area contributed by atoms with Gasteiger partial charge in [-0.1, -0.05) is 19.1 Å². The van der Waals surface area contributed by atoms with E-state index in [1.807, 2.05) is 19.1 Å². The quantitative estimate of drug-likeness (QED) is 0.657. The van der Waals surface area contributed by atoms with Gasteiger partial charge in [0.2, 0.25) is 0 Å². The van der Waals surface area contributed by atoms with Crippen LogP contribution in [0.2, 0.25) is 0 Å². The fourth-order valence-electron chi connectivity index (χ4n) is 1.17. The molecule has 0 amide bonds. The molecule has 0 fully saturated rings. The van der Waals surface area contributed by atoms with Crippen molar-refractivity contribution in [1.82, 2.24) is 0 Å². The van der Waals surface area contributed by atoms with Gasteiger partial charge in [0.1, 0.15) is 0 Å². The van der Waals surface area contributed by atoms with Crippen LogP contribution in [0.15, 0.2) is 18.2 Å². The van der Waals surface area contributed by atoms with E-state index in [2.05, 4.69) is 13.0 Å². The summed E-state index contributed by atoms with van der Waals surface area (Å²) in [5, 5.41) is 0. The molecule has 4 N–H and O–H groups in total. The van der Waals surface area contributed by atoms with Crippen LogP contribution in [0.5, 0.6) is 0 Å². The Bertz CT molecular complexity index is 269. The van der Waals surface area contributed by atoms with Crippen LogP contribution in [-0.2, 0) is 0 Å². The lowest BCUT2D eigenvalue weighted by molar-refractivity contribution is 0.698. The molecule has 2 heteroatoms. The van der Waals surface area contributed by atoms with Gasteiger partial charge in [0.15, 0.2) is 0 Å². The molecule has 0 saturated heterocycles. The van der Waals surface area contributed by atoms with E-state index in [4.69, 9.17) is 11.5 Å². The summed E-state index contributed by atoms with van der Waals surface area (Å²) in [5.74, 6) is 0. The highest BCUT2D eigenvalue weighted by Gasteiger charge is 2.03. The van der Waals surface area contributed by atoms with E-state index in [1.54, 1.807) is 0 Å². The van der Waals surface area contributed by atoms with Crippen LogP contribution in [0, 0.1) is 6.92 Å². The lowest BCUT2D eigenvalue weighted by atomic mass is 10.0. The normalized spacial score (nSPS) is 12.9. The van der Waals surface area contributed by atoms with Gasteiger partial charge in [-0.25, -0.2) is 0 Å². The first-order chi connectivity index (χ1) is 5.65. The van der Waals surface area contributed by atoms with Crippen LogP contribution in [0.25, 0.3) is 0 Å². The fraction of sp³-hybridized carbons (Fsp3) is 0.400. The number of benzene rings is 1. The minimum Gasteiger partial charge on any atom is -0.399 e. The lowest BCUT2D eigenvalue weighted by Crippen LogP contribution is -2.08. The molecule has 0 aliphatic rings. The summed E-state index contributed by atoms with van der Waals surface area (Å²) in [5.41, 5.74) is 14.7. The van der Waals surface area contributed by atoms with Crippen molar-refractivity contribution in [3.8, 4) is 0 Å². The van der Waals surface area contributed by atoms with Crippen molar-refractivity contribution >= 4 is 5.69 Å². The van der Waals surface area contributed by atoms with E-state index in [-0.39, 0.29) is 6.04 Å². The topological polar surface area (TPSA) is 52.0 Å². The highest BCUT2D eigenvalue weighted by Crippen LogP contribution is 2.18. The Morgan fingerprint density at radius 3 is 2.58 bits per heavy atom. The Hall–Kier alpha value is -1.02. The highest BCUT2D eigenvalue weighted by molar-refractivity contribution is 5.48. The fourth-order valence-corrected chi connectivity index (χ4v) is 1.17. The molecule has 1 unspecified atom stereocenters. The van der Waals surface area contributed by atoms with Crippen molar-refractivity contribution in [2.45, 2.75) is 26.3 Å². The highest BCUT2D eigenvalue weighted by atomic mass is 14.6. The van der Waals surface area contributed by atoms with E-state index in [9.17, 15) is 0 Å². The maximum Gasteiger partial charge on any atom is 0.0343 e. The van der Waals surface area contributed by atoms with Gasteiger partial charge in [-0.3, -0.25) is 0 Å². The zero-order chi connectivity index (χ0) is 9.14. The third-order valence-corrected chi connectivity index (χ3v) is 2.16. The first kappa shape index (κ1) is 9.07. The zero-order valence-corrected chi connectivity index (χ0v) is 7.67. The average Bonchev–Trinajstić information content (AvgIpc) is 2.08. The van der Waals surface area contributed by atoms with Crippen molar-refractivity contribution in [3.63, 3.8) is 0 Å². The summed E-state index contributed by atoms with van der Waals surface area (Å²) in [4.78, 5) is 0. The van der Waals surface area contributed by atoms with Crippen LogP contribution in [-0.4, -0.2) is 0 Å². The van der Waals surface area contributed by atoms with Gasteiger partial charge in [0.05, 0.1) is 0 Å². The Morgan fingerprint density at radius 2 is 2.08 bits per heavy atom. The number of rotatable bonds is 2. The van der Waals surface area contributed by atoms with Gasteiger partial charge in [0.25, 0.3) is 0 Å². The van der Waals surface area contributed by atoms with E-state index in [0.717, 1.165) is 17.7 Å². The van der Waals surface area contributed by atoms with Gasteiger partial charge in [-0.05, 0) is 30.5 Å². The summed E-state index contributed by atoms with van der Waals surface area (Å²) in [6.07, 6.45) is 0.962. The van der Waals surface area contributed by atoms with E-state index >= 15 is 0 Å². The molecule has 66 valence electrons. The lowest BCUT2D eigenvalue weighted by Gasteiger charge is -2.10. The van der Waals surface area contributed by atoms with Crippen LogP contribution in [0.1, 0.15) is 30.5 Å². The van der Waals surface area contributed by atoms with Crippen molar-refractivity contribution in [2.75, 3.05) is 5.73 Å². The number of hydrogen-bond acceptors (Lipinski definition) is 2. The summed E-state index contributed by atoms with van der Waals surface area (Å²) < 4.78 is 0. The van der Waals surface area contributed by atoms with Gasteiger partial charge >= 0.3 is 0 Å². The molecule has 0 saturated carbocycles. The molecule has 0 radical (unpaired) electrons. The second-order valence-electron chi connectivity index (χ2n) is 3.13. The van der Waals surface area contributed by atoms with E-state index in [1.165, 1.54) is 5.56 Å². The molecular formula is C10H16N2. The molecule has 0 aromatic heterocycles. The number of nitrogens with two attached hydrogens (primary N) is 2. The predicted molar refractivity (Wildman–Crippen MR) is 52.8 cm³/mol. The molecule has 1 atom stereocenters. The van der Waals surface area contributed by atoms with Gasteiger partial charge < -0.3 is 11.5 Å². The molecular weight excluding hydrogens is 148 g/mol. The Morgan fingerprint density at radius 1 is 1.42 bits per heavy atom. The maximum atomic E-state index is 5.87. The molecule has 12 heavy (non-hydrogen) atoms. The summed E-state index contributed by atoms with van der Waals surface area (Å²) in [6.45, 7) is 4.08. The number of hydrogen-bond donors (Lipinski definition) is 2. The molecule has 0 aliphatic heterocycles. The Balaban J connectivity index is 2.96. The second-order valence-corrected chi connectivity index (χ2v) is 3.13. The molecule has 0 spiro atoms. The standard InChI is InChI=1S/C10H16N2/c1-3-9(11)8-4-5-10(12)7(2)6-8/h4-6,9H,3,11-12H2,1-2H3. The zero-order valence-electron chi connectivity index (χ0n) is 7.67. The third-order valence-electron chi connectivity index (χ3n) is 2.16. The number of anilines is 1. The SMILES string of the molecule is CCC(N)c1ccc(N)c(C)c1. The monoisotopic (exact) mass is 164 g/mol. The molecule has 1 aromatic rings. The average molecular weight is 164 g/mol. The van der Waals surface area contributed by atoms with E-state index in [0.29, 0.717) is 0 Å². The predicted octanol–water partition coefficient (Wildman–Crippen LogP) is 1.99. The maximum absolute atomic E-state index is 5.87. The van der Waals surface area contributed by atoms with Crippen molar-refractivity contribution < 1.29 is 0 Å². The van der Waals surface area contributed by atoms with Crippen molar-refractivity contribution in [1.29, 1.82) is 0 Å². The van der Waals surface area contributed by atoms with Crippen LogP contribution < -0.4 is 11.5 Å². The largest absolute Gasteiger partial charge is 0.399 e. The molecule has 0 heterocycles. The van der Waals surface area contributed by atoms with Crippen LogP contribution in [0.4, 0.5) is 5.69 Å². The van der Waals surface area contributed by atoms with Crippen molar-refractivity contribution in [3.05, 3.63) is 29.3 Å². The smallest absolute Gasteiger partial charge is 0.0343 e. The molecule has 0 aliphatic carbocycles. The molecule has 1 rings (SSSR count). The minimum absolute atomic E-state index is 0.143. The molecule has 0 bridgehead atoms. The number of aryl methyl sites for hydroxylation is 1. The van der Waals surface area contributed by atoms with E-state index < -0.39 is 0 Å². The number of nitrogen functional groups attached to an aromatic ring is 1. The van der Waals surface area contributed by atoms with Crippen molar-refractivity contribution in [2.24, 2.45) is 5.73 Å². The third kappa shape index (κ3) is 1.77. The summed E-state index contributed by atoms with van der Waals surface area (Å²) in [7, 11) is 0. The first-order valence-electron chi connectivity index (χ1n) is 4.26. The Kier molecular flexibility index (Phi) is 2.71. The van der Waals surface area contributed by atoms with Crippen LogP contribution in [0.3, 0.4) is 0 Å². The van der Waals surface area contributed by atoms with Gasteiger partial charge in [-0.15, -0.1) is 0 Å². The Labute approximate surface area is 73.6 Å². The molecule has 1 aromatic carbocycles. The minimum atomic E-state index is 0.143. The van der Waals surface area contributed by atoms with Crippen LogP contribution >= 0.6 is 0 Å². The summed E-state index contributed by atoms with van der Waals surface area (Å²) in [6, 6.07) is 6.12. The first-order valence-corrected chi connectivity index (χ1v) is 4.26. The van der Waals surface area contributed by atoms with Gasteiger partial charge in [-0.2, -0.15) is 0 Å².